The van der Waals surface area contributed by atoms with Crippen molar-refractivity contribution in [3.63, 3.8) is 0 Å². The van der Waals surface area contributed by atoms with E-state index in [4.69, 9.17) is 0 Å². The predicted octanol–water partition coefficient (Wildman–Crippen LogP) is 3.85. The minimum Gasteiger partial charge on any atom is -0.271 e. The van der Waals surface area contributed by atoms with Crippen LogP contribution in [0.3, 0.4) is 0 Å². The van der Waals surface area contributed by atoms with Gasteiger partial charge < -0.3 is 0 Å². The van der Waals surface area contributed by atoms with Crippen molar-refractivity contribution in [2.45, 2.75) is 18.0 Å². The number of benzene rings is 2. The van der Waals surface area contributed by atoms with Crippen molar-refractivity contribution < 1.29 is 26.5 Å². The number of alkyl halides is 3. The van der Waals surface area contributed by atoms with Gasteiger partial charge in [-0.3, -0.25) is 15.5 Å². The maximum Gasteiger partial charge on any atom is 0.416 e. The summed E-state index contributed by atoms with van der Waals surface area (Å²) in [6, 6.07) is 7.81. The summed E-state index contributed by atoms with van der Waals surface area (Å²) in [5.74, 6) is 0. The molecule has 0 bridgehead atoms. The largest absolute Gasteiger partial charge is 0.416 e. The molecule has 7 nitrogen and oxygen atoms in total. The van der Waals surface area contributed by atoms with Crippen molar-refractivity contribution in [1.29, 1.82) is 0 Å². The maximum atomic E-state index is 12.7. The Morgan fingerprint density at radius 2 is 1.74 bits per heavy atom. The standard InChI is InChI=1S/C16H14F3N3O4S/c1-10(11-3-6-13(7-4-11)27(2,25)26)20-21-14-8-5-12(16(17,18)19)9-15(14)22(23)24/h3-9,21H,1-2H3/b20-10-. The summed E-state index contributed by atoms with van der Waals surface area (Å²) in [6.45, 7) is 1.55. The van der Waals surface area contributed by atoms with Crippen molar-refractivity contribution in [1.82, 2.24) is 0 Å². The summed E-state index contributed by atoms with van der Waals surface area (Å²) in [6.07, 6.45) is -3.64. The molecule has 2 aromatic carbocycles. The van der Waals surface area contributed by atoms with Crippen LogP contribution in [0.1, 0.15) is 18.1 Å². The summed E-state index contributed by atoms with van der Waals surface area (Å²) in [4.78, 5) is 10.2. The van der Waals surface area contributed by atoms with Crippen LogP contribution in [0.5, 0.6) is 0 Å². The van der Waals surface area contributed by atoms with Gasteiger partial charge in [0.25, 0.3) is 5.69 Å². The Morgan fingerprint density at radius 1 is 1.15 bits per heavy atom. The number of halogens is 3. The molecule has 0 aliphatic carbocycles. The number of hydrogen-bond donors (Lipinski definition) is 1. The molecule has 2 aromatic rings. The fourth-order valence-electron chi connectivity index (χ4n) is 2.11. The molecule has 0 atom stereocenters. The molecule has 1 N–H and O–H groups in total. The first kappa shape index (κ1) is 20.4. The lowest BCUT2D eigenvalue weighted by Crippen LogP contribution is -2.07. The number of nitrogens with zero attached hydrogens (tertiary/aromatic N) is 2. The quantitative estimate of drug-likeness (QED) is 0.466. The van der Waals surface area contributed by atoms with E-state index < -0.39 is 32.2 Å². The fourth-order valence-corrected chi connectivity index (χ4v) is 2.74. The third-order valence-corrected chi connectivity index (χ3v) is 4.69. The van der Waals surface area contributed by atoms with Gasteiger partial charge in [0.05, 0.1) is 21.1 Å². The van der Waals surface area contributed by atoms with E-state index in [0.717, 1.165) is 12.3 Å². The number of nitrogens with one attached hydrogen (secondary N) is 1. The van der Waals surface area contributed by atoms with E-state index in [-0.39, 0.29) is 10.6 Å². The van der Waals surface area contributed by atoms with Gasteiger partial charge in [0, 0.05) is 12.3 Å². The first-order chi connectivity index (χ1) is 12.4. The lowest BCUT2D eigenvalue weighted by molar-refractivity contribution is -0.384. The van der Waals surface area contributed by atoms with Gasteiger partial charge >= 0.3 is 6.18 Å². The van der Waals surface area contributed by atoms with Gasteiger partial charge in [-0.2, -0.15) is 18.3 Å². The van der Waals surface area contributed by atoms with Gasteiger partial charge in [-0.05, 0) is 36.8 Å². The van der Waals surface area contributed by atoms with Crippen molar-refractivity contribution in [3.05, 3.63) is 63.7 Å². The molecule has 0 aliphatic heterocycles. The molecule has 0 amide bonds. The monoisotopic (exact) mass is 401 g/mol. The highest BCUT2D eigenvalue weighted by molar-refractivity contribution is 7.90. The highest BCUT2D eigenvalue weighted by atomic mass is 32.2. The Bertz CT molecular complexity index is 1000. The minimum atomic E-state index is -4.70. The number of hydrogen-bond acceptors (Lipinski definition) is 6. The van der Waals surface area contributed by atoms with Crippen molar-refractivity contribution >= 4 is 26.9 Å². The molecule has 0 radical (unpaired) electrons. The molecule has 0 unspecified atom stereocenters. The number of nitro benzene ring substituents is 1. The molecule has 0 fully saturated rings. The van der Waals surface area contributed by atoms with Crippen molar-refractivity contribution in [2.75, 3.05) is 11.7 Å². The van der Waals surface area contributed by atoms with Gasteiger partial charge in [0.2, 0.25) is 0 Å². The molecule has 11 heteroatoms. The van der Waals surface area contributed by atoms with Crippen molar-refractivity contribution in [3.8, 4) is 0 Å². The SMILES string of the molecule is C/C(=N/Nc1ccc(C(F)(F)F)cc1[N+](=O)[O-])c1ccc(S(C)(=O)=O)cc1. The Labute approximate surface area is 152 Å². The van der Waals surface area contributed by atoms with Gasteiger partial charge in [-0.1, -0.05) is 12.1 Å². The lowest BCUT2D eigenvalue weighted by atomic mass is 10.1. The summed E-state index contributed by atoms with van der Waals surface area (Å²) >= 11 is 0. The summed E-state index contributed by atoms with van der Waals surface area (Å²) in [7, 11) is -3.35. The molecule has 0 aromatic heterocycles. The molecule has 0 saturated carbocycles. The number of hydrazone groups is 1. The van der Waals surface area contributed by atoms with Crippen LogP contribution in [-0.4, -0.2) is 25.3 Å². The number of nitro groups is 1. The zero-order chi connectivity index (χ0) is 20.4. The van der Waals surface area contributed by atoms with Crippen LogP contribution >= 0.6 is 0 Å². The van der Waals surface area contributed by atoms with Crippen LogP contribution in [0, 0.1) is 10.1 Å². The first-order valence-electron chi connectivity index (χ1n) is 7.36. The minimum absolute atomic E-state index is 0.116. The van der Waals surface area contributed by atoms with Crippen LogP contribution < -0.4 is 5.43 Å². The van der Waals surface area contributed by atoms with E-state index in [0.29, 0.717) is 23.4 Å². The van der Waals surface area contributed by atoms with Crippen molar-refractivity contribution in [2.24, 2.45) is 5.10 Å². The molecular weight excluding hydrogens is 387 g/mol. The number of sulfone groups is 1. The van der Waals surface area contributed by atoms with Gasteiger partial charge in [0.1, 0.15) is 5.69 Å². The highest BCUT2D eigenvalue weighted by Gasteiger charge is 2.33. The third-order valence-electron chi connectivity index (χ3n) is 3.57. The summed E-state index contributed by atoms with van der Waals surface area (Å²) in [5.41, 5.74) is 1.14. The second-order valence-corrected chi connectivity index (χ2v) is 7.61. The van der Waals surface area contributed by atoms with E-state index in [1.165, 1.54) is 24.3 Å². The van der Waals surface area contributed by atoms with Crippen LogP contribution in [0.25, 0.3) is 0 Å². The Hall–Kier alpha value is -2.95. The van der Waals surface area contributed by atoms with Gasteiger partial charge in [0.15, 0.2) is 9.84 Å². The third kappa shape index (κ3) is 5.03. The second kappa shape index (κ2) is 7.35. The Balaban J connectivity index is 2.30. The molecular formula is C16H14F3N3O4S. The molecule has 0 heterocycles. The Morgan fingerprint density at radius 3 is 2.22 bits per heavy atom. The average Bonchev–Trinajstić information content (AvgIpc) is 2.58. The predicted molar refractivity (Wildman–Crippen MR) is 93.5 cm³/mol. The molecule has 0 saturated heterocycles. The molecule has 27 heavy (non-hydrogen) atoms. The maximum absolute atomic E-state index is 12.7. The molecule has 144 valence electrons. The fraction of sp³-hybridized carbons (Fsp3) is 0.188. The average molecular weight is 401 g/mol. The van der Waals surface area contributed by atoms with Gasteiger partial charge in [-0.25, -0.2) is 8.42 Å². The number of rotatable bonds is 5. The first-order valence-corrected chi connectivity index (χ1v) is 9.25. The smallest absolute Gasteiger partial charge is 0.271 e. The van der Waals surface area contributed by atoms with E-state index in [1.54, 1.807) is 6.92 Å². The van der Waals surface area contributed by atoms with Crippen LogP contribution in [0.2, 0.25) is 0 Å². The van der Waals surface area contributed by atoms with E-state index in [2.05, 4.69) is 10.5 Å². The second-order valence-electron chi connectivity index (χ2n) is 5.59. The van der Waals surface area contributed by atoms with E-state index in [9.17, 15) is 31.7 Å². The summed E-state index contributed by atoms with van der Waals surface area (Å²) in [5, 5.41) is 15.0. The Kier molecular flexibility index (Phi) is 5.54. The van der Waals surface area contributed by atoms with Crippen LogP contribution in [0.15, 0.2) is 52.5 Å². The topological polar surface area (TPSA) is 102 Å². The lowest BCUT2D eigenvalue weighted by Gasteiger charge is -2.09. The number of anilines is 1. The zero-order valence-electron chi connectivity index (χ0n) is 14.1. The van der Waals surface area contributed by atoms with Crippen LogP contribution in [0.4, 0.5) is 24.5 Å². The van der Waals surface area contributed by atoms with E-state index >= 15 is 0 Å². The molecule has 2 rings (SSSR count). The highest BCUT2D eigenvalue weighted by Crippen LogP contribution is 2.35. The molecule has 0 aliphatic rings. The normalized spacial score (nSPS) is 12.7. The van der Waals surface area contributed by atoms with E-state index in [1.807, 2.05) is 0 Å². The van der Waals surface area contributed by atoms with Crippen LogP contribution in [-0.2, 0) is 16.0 Å². The zero-order valence-corrected chi connectivity index (χ0v) is 14.9. The van der Waals surface area contributed by atoms with Gasteiger partial charge in [-0.15, -0.1) is 0 Å². The summed E-state index contributed by atoms with van der Waals surface area (Å²) < 4.78 is 61.0. The molecule has 0 spiro atoms.